The van der Waals surface area contributed by atoms with Crippen molar-refractivity contribution in [3.8, 4) is 5.75 Å². The normalized spacial score (nSPS) is 13.8. The highest BCUT2D eigenvalue weighted by Crippen LogP contribution is 2.26. The second-order valence-electron chi connectivity index (χ2n) is 5.06. The van der Waals surface area contributed by atoms with Gasteiger partial charge in [-0.05, 0) is 17.7 Å². The highest BCUT2D eigenvalue weighted by Gasteiger charge is 2.21. The number of ether oxygens (including phenoxy) is 2. The van der Waals surface area contributed by atoms with Crippen molar-refractivity contribution in [3.63, 3.8) is 0 Å². The summed E-state index contributed by atoms with van der Waals surface area (Å²) in [6.07, 6.45) is -0.338. The molecular formula is C17H16ClNO3. The Bertz CT molecular complexity index is 660. The van der Waals surface area contributed by atoms with Gasteiger partial charge in [0.15, 0.2) is 0 Å². The smallest absolute Gasteiger partial charge is 0.410 e. The van der Waals surface area contributed by atoms with Crippen molar-refractivity contribution in [3.05, 3.63) is 64.7 Å². The van der Waals surface area contributed by atoms with Crippen molar-refractivity contribution >= 4 is 17.7 Å². The first kappa shape index (κ1) is 14.7. The maximum absolute atomic E-state index is 12.2. The third-order valence-electron chi connectivity index (χ3n) is 3.47. The number of carbonyl (C=O) groups excluding carboxylic acids is 1. The monoisotopic (exact) mass is 317 g/mol. The molecule has 2 aromatic carbocycles. The quantitative estimate of drug-likeness (QED) is 0.844. The zero-order valence-electron chi connectivity index (χ0n) is 12.0. The Kier molecular flexibility index (Phi) is 4.49. The molecule has 0 aromatic heterocycles. The van der Waals surface area contributed by atoms with Crippen molar-refractivity contribution < 1.29 is 14.3 Å². The number of amides is 1. The Labute approximate surface area is 134 Å². The van der Waals surface area contributed by atoms with Gasteiger partial charge in [-0.3, -0.25) is 0 Å². The number of nitrogens with zero attached hydrogens (tertiary/aromatic N) is 1. The van der Waals surface area contributed by atoms with Gasteiger partial charge in [0.2, 0.25) is 0 Å². The van der Waals surface area contributed by atoms with E-state index in [9.17, 15) is 4.79 Å². The number of hydrogen-bond acceptors (Lipinski definition) is 3. The molecule has 0 unspecified atom stereocenters. The summed E-state index contributed by atoms with van der Waals surface area (Å²) in [5.74, 6) is 0.728. The highest BCUT2D eigenvalue weighted by atomic mass is 35.5. The van der Waals surface area contributed by atoms with Crippen LogP contribution in [-0.4, -0.2) is 24.1 Å². The fourth-order valence-corrected chi connectivity index (χ4v) is 2.47. The van der Waals surface area contributed by atoms with E-state index in [1.165, 1.54) is 0 Å². The standard InChI is InChI=1S/C17H16ClNO3/c18-15-7-6-14-11-19(8-9-21-16(14)10-15)17(20)22-12-13-4-2-1-3-5-13/h1-7,10H,8-9,11-12H2. The van der Waals surface area contributed by atoms with Crippen LogP contribution in [0.4, 0.5) is 4.79 Å². The average molecular weight is 318 g/mol. The van der Waals surface area contributed by atoms with Crippen LogP contribution in [-0.2, 0) is 17.9 Å². The fourth-order valence-electron chi connectivity index (χ4n) is 2.31. The third-order valence-corrected chi connectivity index (χ3v) is 3.71. The molecule has 0 atom stereocenters. The lowest BCUT2D eigenvalue weighted by Gasteiger charge is -2.19. The number of halogens is 1. The molecule has 0 saturated heterocycles. The summed E-state index contributed by atoms with van der Waals surface area (Å²) in [7, 11) is 0. The molecule has 0 radical (unpaired) electrons. The molecule has 0 saturated carbocycles. The molecule has 1 aliphatic heterocycles. The van der Waals surface area contributed by atoms with Crippen LogP contribution in [0.2, 0.25) is 5.02 Å². The molecule has 4 nitrogen and oxygen atoms in total. The van der Waals surface area contributed by atoms with E-state index in [0.29, 0.717) is 24.7 Å². The van der Waals surface area contributed by atoms with E-state index >= 15 is 0 Å². The summed E-state index contributed by atoms with van der Waals surface area (Å²) in [5, 5.41) is 0.624. The van der Waals surface area contributed by atoms with Gasteiger partial charge < -0.3 is 14.4 Å². The Balaban J connectivity index is 1.64. The second-order valence-corrected chi connectivity index (χ2v) is 5.50. The summed E-state index contributed by atoms with van der Waals surface area (Å²) >= 11 is 5.96. The van der Waals surface area contributed by atoms with Crippen molar-refractivity contribution in [2.24, 2.45) is 0 Å². The number of carbonyl (C=O) groups is 1. The zero-order valence-corrected chi connectivity index (χ0v) is 12.8. The molecule has 3 rings (SSSR count). The van der Waals surface area contributed by atoms with E-state index < -0.39 is 0 Å². The van der Waals surface area contributed by atoms with Crippen LogP contribution in [0.3, 0.4) is 0 Å². The van der Waals surface area contributed by atoms with Gasteiger partial charge in [-0.1, -0.05) is 48.0 Å². The zero-order chi connectivity index (χ0) is 15.4. The fraction of sp³-hybridized carbons (Fsp3) is 0.235. The molecule has 1 amide bonds. The van der Waals surface area contributed by atoms with Crippen molar-refractivity contribution in [2.45, 2.75) is 13.2 Å². The van der Waals surface area contributed by atoms with Gasteiger partial charge in [0.1, 0.15) is 19.0 Å². The van der Waals surface area contributed by atoms with E-state index in [1.807, 2.05) is 36.4 Å². The summed E-state index contributed by atoms with van der Waals surface area (Å²) in [6.45, 7) is 1.64. The third kappa shape index (κ3) is 3.52. The van der Waals surface area contributed by atoms with Crippen LogP contribution in [0.15, 0.2) is 48.5 Å². The Hall–Kier alpha value is -2.20. The maximum Gasteiger partial charge on any atom is 0.410 e. The number of fused-ring (bicyclic) bond motifs is 1. The molecule has 2 aromatic rings. The minimum Gasteiger partial charge on any atom is -0.491 e. The first-order valence-corrected chi connectivity index (χ1v) is 7.47. The van der Waals surface area contributed by atoms with Gasteiger partial charge in [0, 0.05) is 10.6 Å². The van der Waals surface area contributed by atoms with Crippen LogP contribution in [0.1, 0.15) is 11.1 Å². The minimum atomic E-state index is -0.338. The van der Waals surface area contributed by atoms with Crippen LogP contribution in [0.5, 0.6) is 5.75 Å². The topological polar surface area (TPSA) is 38.8 Å². The van der Waals surface area contributed by atoms with Gasteiger partial charge in [-0.15, -0.1) is 0 Å². The number of hydrogen-bond donors (Lipinski definition) is 0. The van der Waals surface area contributed by atoms with E-state index in [0.717, 1.165) is 16.9 Å². The molecule has 1 heterocycles. The predicted molar refractivity (Wildman–Crippen MR) is 84.0 cm³/mol. The van der Waals surface area contributed by atoms with Gasteiger partial charge in [0.05, 0.1) is 13.1 Å². The van der Waals surface area contributed by atoms with E-state index in [2.05, 4.69) is 0 Å². The molecule has 0 bridgehead atoms. The van der Waals surface area contributed by atoms with Gasteiger partial charge >= 0.3 is 6.09 Å². The highest BCUT2D eigenvalue weighted by molar-refractivity contribution is 6.30. The van der Waals surface area contributed by atoms with Crippen LogP contribution in [0.25, 0.3) is 0 Å². The van der Waals surface area contributed by atoms with Crippen molar-refractivity contribution in [2.75, 3.05) is 13.2 Å². The molecule has 0 fully saturated rings. The lowest BCUT2D eigenvalue weighted by Crippen LogP contribution is -2.32. The van der Waals surface area contributed by atoms with E-state index in [4.69, 9.17) is 21.1 Å². The van der Waals surface area contributed by atoms with E-state index in [1.54, 1.807) is 17.0 Å². The van der Waals surface area contributed by atoms with E-state index in [-0.39, 0.29) is 12.7 Å². The molecular weight excluding hydrogens is 302 g/mol. The molecule has 22 heavy (non-hydrogen) atoms. The number of benzene rings is 2. The Morgan fingerprint density at radius 1 is 1.23 bits per heavy atom. The van der Waals surface area contributed by atoms with Gasteiger partial charge in [-0.2, -0.15) is 0 Å². The van der Waals surface area contributed by atoms with Gasteiger partial charge in [0.25, 0.3) is 0 Å². The van der Waals surface area contributed by atoms with Crippen molar-refractivity contribution in [1.82, 2.24) is 4.90 Å². The summed E-state index contributed by atoms with van der Waals surface area (Å²) in [6, 6.07) is 15.1. The number of rotatable bonds is 2. The van der Waals surface area contributed by atoms with Crippen LogP contribution >= 0.6 is 11.6 Å². The molecule has 114 valence electrons. The van der Waals surface area contributed by atoms with Crippen LogP contribution < -0.4 is 4.74 Å². The molecule has 1 aliphatic rings. The lowest BCUT2D eigenvalue weighted by atomic mass is 10.2. The van der Waals surface area contributed by atoms with Crippen LogP contribution in [0, 0.1) is 0 Å². The largest absolute Gasteiger partial charge is 0.491 e. The lowest BCUT2D eigenvalue weighted by molar-refractivity contribution is 0.0913. The van der Waals surface area contributed by atoms with Gasteiger partial charge in [-0.25, -0.2) is 4.79 Å². The SMILES string of the molecule is O=C(OCc1ccccc1)N1CCOc2cc(Cl)ccc2C1. The molecule has 5 heteroatoms. The second kappa shape index (κ2) is 6.71. The minimum absolute atomic E-state index is 0.268. The average Bonchev–Trinajstić information content (AvgIpc) is 2.75. The van der Waals surface area contributed by atoms with Crippen molar-refractivity contribution in [1.29, 1.82) is 0 Å². The summed E-state index contributed by atoms with van der Waals surface area (Å²) in [4.78, 5) is 13.9. The Morgan fingerprint density at radius 3 is 2.86 bits per heavy atom. The summed E-state index contributed by atoms with van der Waals surface area (Å²) in [5.41, 5.74) is 1.90. The first-order chi connectivity index (χ1) is 10.7. The summed E-state index contributed by atoms with van der Waals surface area (Å²) < 4.78 is 11.0. The molecule has 0 N–H and O–H groups in total. The molecule has 0 aliphatic carbocycles. The first-order valence-electron chi connectivity index (χ1n) is 7.09. The predicted octanol–water partition coefficient (Wildman–Crippen LogP) is 3.87. The molecule has 0 spiro atoms. The Morgan fingerprint density at radius 2 is 2.05 bits per heavy atom. The maximum atomic E-state index is 12.2.